The van der Waals surface area contributed by atoms with Gasteiger partial charge in [-0.3, -0.25) is 5.32 Å². The molecule has 3 heteroatoms. The first-order chi connectivity index (χ1) is 8.49. The number of hydrogen-bond donors (Lipinski definition) is 1. The van der Waals surface area contributed by atoms with Crippen LogP contribution in [-0.2, 0) is 4.74 Å². The number of nitriles is 1. The Bertz CT molecular complexity index is 277. The van der Waals surface area contributed by atoms with Gasteiger partial charge < -0.3 is 4.74 Å². The van der Waals surface area contributed by atoms with Crippen LogP contribution in [0.15, 0.2) is 0 Å². The lowest BCUT2D eigenvalue weighted by molar-refractivity contribution is -0.0165. The van der Waals surface area contributed by atoms with Gasteiger partial charge >= 0.3 is 0 Å². The van der Waals surface area contributed by atoms with Gasteiger partial charge in [0.05, 0.1) is 18.8 Å². The summed E-state index contributed by atoms with van der Waals surface area (Å²) in [5, 5.41) is 12.5. The summed E-state index contributed by atoms with van der Waals surface area (Å²) in [6, 6.07) is 2.34. The van der Waals surface area contributed by atoms with E-state index in [1.165, 1.54) is 6.42 Å². The first kappa shape index (κ1) is 15.5. The molecule has 0 bridgehead atoms. The summed E-state index contributed by atoms with van der Waals surface area (Å²) in [7, 11) is 0. The third-order valence-corrected chi connectivity index (χ3v) is 3.75. The molecular weight excluding hydrogens is 224 g/mol. The summed E-state index contributed by atoms with van der Waals surface area (Å²) in [6.45, 7) is 9.99. The summed E-state index contributed by atoms with van der Waals surface area (Å²) >= 11 is 0. The second-order valence-electron chi connectivity index (χ2n) is 6.22. The van der Waals surface area contributed by atoms with E-state index in [2.05, 4.69) is 32.2 Å². The Morgan fingerprint density at radius 2 is 1.89 bits per heavy atom. The fourth-order valence-corrected chi connectivity index (χ4v) is 2.82. The molecule has 0 saturated heterocycles. The Kier molecular flexibility index (Phi) is 6.11. The van der Waals surface area contributed by atoms with Gasteiger partial charge in [0, 0.05) is 0 Å². The van der Waals surface area contributed by atoms with E-state index in [0.29, 0.717) is 12.7 Å². The van der Waals surface area contributed by atoms with Gasteiger partial charge in [0.25, 0.3) is 0 Å². The van der Waals surface area contributed by atoms with E-state index in [4.69, 9.17) is 4.74 Å². The molecule has 18 heavy (non-hydrogen) atoms. The second kappa shape index (κ2) is 7.11. The summed E-state index contributed by atoms with van der Waals surface area (Å²) < 4.78 is 5.99. The van der Waals surface area contributed by atoms with E-state index in [9.17, 15) is 5.26 Å². The van der Waals surface area contributed by atoms with E-state index in [1.807, 2.05) is 6.92 Å². The minimum absolute atomic E-state index is 0.333. The average Bonchev–Trinajstić information content (AvgIpc) is 2.33. The molecule has 3 nitrogen and oxygen atoms in total. The van der Waals surface area contributed by atoms with Gasteiger partial charge in [-0.2, -0.15) is 5.26 Å². The molecule has 0 aromatic heterocycles. The van der Waals surface area contributed by atoms with E-state index in [0.717, 1.165) is 37.6 Å². The van der Waals surface area contributed by atoms with Crippen LogP contribution < -0.4 is 5.32 Å². The van der Waals surface area contributed by atoms with Crippen LogP contribution in [-0.4, -0.2) is 24.8 Å². The molecule has 0 heterocycles. The van der Waals surface area contributed by atoms with Crippen molar-refractivity contribution in [2.24, 2.45) is 11.8 Å². The number of ether oxygens (including phenoxy) is 1. The van der Waals surface area contributed by atoms with Crippen molar-refractivity contribution in [3.05, 3.63) is 0 Å². The third-order valence-electron chi connectivity index (χ3n) is 3.75. The molecule has 1 rings (SSSR count). The molecule has 104 valence electrons. The van der Waals surface area contributed by atoms with Gasteiger partial charge in [-0.15, -0.1) is 0 Å². The zero-order chi connectivity index (χ0) is 13.6. The normalized spacial score (nSPS) is 31.6. The summed E-state index contributed by atoms with van der Waals surface area (Å²) in [4.78, 5) is 0. The number of hydrogen-bond acceptors (Lipinski definition) is 3. The van der Waals surface area contributed by atoms with Crippen LogP contribution in [0.5, 0.6) is 0 Å². The van der Waals surface area contributed by atoms with Gasteiger partial charge in [-0.05, 0) is 51.0 Å². The van der Waals surface area contributed by atoms with E-state index < -0.39 is 5.54 Å². The molecule has 1 aliphatic carbocycles. The fourth-order valence-electron chi connectivity index (χ4n) is 2.82. The largest absolute Gasteiger partial charge is 0.375 e. The molecular formula is C15H28N2O. The maximum absolute atomic E-state index is 9.25. The van der Waals surface area contributed by atoms with Gasteiger partial charge in [0.2, 0.25) is 0 Å². The van der Waals surface area contributed by atoms with Crippen molar-refractivity contribution >= 4 is 0 Å². The van der Waals surface area contributed by atoms with Crippen molar-refractivity contribution in [3.8, 4) is 6.07 Å². The number of rotatable bonds is 6. The minimum atomic E-state index is -0.542. The highest BCUT2D eigenvalue weighted by atomic mass is 16.5. The van der Waals surface area contributed by atoms with Gasteiger partial charge in [0.15, 0.2) is 0 Å². The standard InChI is InChI=1S/C15H28N2O/c1-5-6-17-15(4,10-16)11-18-14-8-12(2)7-13(3)9-14/h12-14,17H,5-9,11H2,1-4H3. The number of nitrogens with one attached hydrogen (secondary N) is 1. The topological polar surface area (TPSA) is 45.0 Å². The first-order valence-electron chi connectivity index (χ1n) is 7.27. The lowest BCUT2D eigenvalue weighted by atomic mass is 9.82. The molecule has 0 aliphatic heterocycles. The van der Waals surface area contributed by atoms with Crippen LogP contribution in [0.3, 0.4) is 0 Å². The highest BCUT2D eigenvalue weighted by molar-refractivity contribution is 5.04. The Balaban J connectivity index is 2.40. The molecule has 1 fully saturated rings. The maximum atomic E-state index is 9.25. The summed E-state index contributed by atoms with van der Waals surface area (Å²) in [5.74, 6) is 1.49. The van der Waals surface area contributed by atoms with Crippen molar-refractivity contribution in [1.29, 1.82) is 5.26 Å². The van der Waals surface area contributed by atoms with Gasteiger partial charge in [0.1, 0.15) is 5.54 Å². The quantitative estimate of drug-likeness (QED) is 0.790. The van der Waals surface area contributed by atoms with E-state index >= 15 is 0 Å². The van der Waals surface area contributed by atoms with Crippen LogP contribution in [0.1, 0.15) is 53.4 Å². The maximum Gasteiger partial charge on any atom is 0.127 e. The fraction of sp³-hybridized carbons (Fsp3) is 0.933. The first-order valence-corrected chi connectivity index (χ1v) is 7.27. The molecule has 0 aromatic carbocycles. The molecule has 1 N–H and O–H groups in total. The Morgan fingerprint density at radius 3 is 2.39 bits per heavy atom. The van der Waals surface area contributed by atoms with Crippen LogP contribution in [0.2, 0.25) is 0 Å². The van der Waals surface area contributed by atoms with Gasteiger partial charge in [-0.1, -0.05) is 20.8 Å². The highest BCUT2D eigenvalue weighted by Gasteiger charge is 2.28. The molecule has 0 radical (unpaired) electrons. The predicted molar refractivity (Wildman–Crippen MR) is 74.2 cm³/mol. The third kappa shape index (κ3) is 4.96. The lowest BCUT2D eigenvalue weighted by Gasteiger charge is -2.33. The summed E-state index contributed by atoms with van der Waals surface area (Å²) in [5.41, 5.74) is -0.542. The Morgan fingerprint density at radius 1 is 1.28 bits per heavy atom. The van der Waals surface area contributed by atoms with E-state index in [-0.39, 0.29) is 0 Å². The predicted octanol–water partition coefficient (Wildman–Crippen LogP) is 3.11. The van der Waals surface area contributed by atoms with Crippen molar-refractivity contribution in [2.45, 2.75) is 65.0 Å². The highest BCUT2D eigenvalue weighted by Crippen LogP contribution is 2.30. The van der Waals surface area contributed by atoms with Crippen molar-refractivity contribution in [2.75, 3.05) is 13.2 Å². The zero-order valence-electron chi connectivity index (χ0n) is 12.3. The minimum Gasteiger partial charge on any atom is -0.375 e. The van der Waals surface area contributed by atoms with Crippen molar-refractivity contribution in [1.82, 2.24) is 5.32 Å². The average molecular weight is 252 g/mol. The molecule has 1 aliphatic rings. The zero-order valence-corrected chi connectivity index (χ0v) is 12.3. The Labute approximate surface area is 112 Å². The molecule has 1 saturated carbocycles. The monoisotopic (exact) mass is 252 g/mol. The molecule has 0 aromatic rings. The van der Waals surface area contributed by atoms with E-state index in [1.54, 1.807) is 0 Å². The molecule has 3 atom stereocenters. The smallest absolute Gasteiger partial charge is 0.127 e. The summed E-state index contributed by atoms with van der Waals surface area (Å²) in [6.07, 6.45) is 4.96. The Hall–Kier alpha value is -0.590. The van der Waals surface area contributed by atoms with Gasteiger partial charge in [-0.25, -0.2) is 0 Å². The van der Waals surface area contributed by atoms with Crippen LogP contribution in [0, 0.1) is 23.2 Å². The molecule has 0 spiro atoms. The van der Waals surface area contributed by atoms with Crippen molar-refractivity contribution < 1.29 is 4.74 Å². The SMILES string of the molecule is CCCNC(C)(C#N)COC1CC(C)CC(C)C1. The van der Waals surface area contributed by atoms with Crippen LogP contribution >= 0.6 is 0 Å². The molecule has 3 unspecified atom stereocenters. The van der Waals surface area contributed by atoms with Crippen molar-refractivity contribution in [3.63, 3.8) is 0 Å². The molecule has 0 amide bonds. The lowest BCUT2D eigenvalue weighted by Crippen LogP contribution is -2.46. The second-order valence-corrected chi connectivity index (χ2v) is 6.22. The number of nitrogens with zero attached hydrogens (tertiary/aromatic N) is 1. The van der Waals surface area contributed by atoms with Crippen LogP contribution in [0.25, 0.3) is 0 Å². The van der Waals surface area contributed by atoms with Crippen LogP contribution in [0.4, 0.5) is 0 Å².